The molecular weight excluding hydrogens is 304 g/mol. The number of halogens is 1. The third-order valence-corrected chi connectivity index (χ3v) is 4.62. The normalized spacial score (nSPS) is 21.9. The van der Waals surface area contributed by atoms with E-state index in [1.165, 1.54) is 11.0 Å². The zero-order valence-corrected chi connectivity index (χ0v) is 13.2. The lowest BCUT2D eigenvalue weighted by molar-refractivity contribution is -0.123. The second-order valence-electron chi connectivity index (χ2n) is 6.00. The molecule has 1 amide bonds. The van der Waals surface area contributed by atoms with Gasteiger partial charge in [-0.2, -0.15) is 0 Å². The largest absolute Gasteiger partial charge is 0.420 e. The minimum atomic E-state index is -0.538. The summed E-state index contributed by atoms with van der Waals surface area (Å²) in [6.45, 7) is 2.13. The first-order valence-corrected chi connectivity index (χ1v) is 8.00. The number of nitrogens with zero attached hydrogens (tertiary/aromatic N) is 1. The van der Waals surface area contributed by atoms with E-state index in [1.807, 2.05) is 0 Å². The van der Waals surface area contributed by atoms with Crippen LogP contribution in [0.4, 0.5) is 0 Å². The van der Waals surface area contributed by atoms with Gasteiger partial charge in [-0.05, 0) is 30.9 Å². The molecule has 0 bridgehead atoms. The number of carbonyl (C=O) groups excluding carboxylic acids is 1. The minimum absolute atomic E-state index is 0.0311. The molecule has 0 unspecified atom stereocenters. The Kier molecular flexibility index (Phi) is 4.25. The van der Waals surface area contributed by atoms with Crippen LogP contribution in [0.1, 0.15) is 32.6 Å². The summed E-state index contributed by atoms with van der Waals surface area (Å²) in [5.41, 5.74) is 0.984. The van der Waals surface area contributed by atoms with Crippen molar-refractivity contribution in [2.75, 3.05) is 0 Å². The highest BCUT2D eigenvalue weighted by Crippen LogP contribution is 2.24. The molecule has 1 fully saturated rings. The number of rotatable bonds is 3. The smallest absolute Gasteiger partial charge is 0.408 e. The van der Waals surface area contributed by atoms with Gasteiger partial charge in [-0.15, -0.1) is 0 Å². The third kappa shape index (κ3) is 3.04. The van der Waals surface area contributed by atoms with Crippen LogP contribution >= 0.6 is 11.6 Å². The second kappa shape index (κ2) is 6.16. The fraction of sp³-hybridized carbons (Fsp3) is 0.500. The van der Waals surface area contributed by atoms with Crippen molar-refractivity contribution >= 4 is 28.6 Å². The van der Waals surface area contributed by atoms with Crippen molar-refractivity contribution in [1.82, 2.24) is 9.88 Å². The number of nitrogens with one attached hydrogen (secondary N) is 1. The van der Waals surface area contributed by atoms with E-state index in [0.717, 1.165) is 19.3 Å². The Hall–Kier alpha value is -1.75. The number of carbonyl (C=O) groups is 1. The molecule has 1 saturated carbocycles. The molecule has 5 nitrogen and oxygen atoms in total. The molecule has 0 aliphatic heterocycles. The minimum Gasteiger partial charge on any atom is -0.408 e. The summed E-state index contributed by atoms with van der Waals surface area (Å²) >= 11 is 5.88. The van der Waals surface area contributed by atoms with E-state index in [1.54, 1.807) is 18.2 Å². The Morgan fingerprint density at radius 3 is 2.95 bits per heavy atom. The maximum Gasteiger partial charge on any atom is 0.420 e. The van der Waals surface area contributed by atoms with Gasteiger partial charge >= 0.3 is 5.76 Å². The Bertz CT molecular complexity index is 749. The van der Waals surface area contributed by atoms with Gasteiger partial charge in [0.2, 0.25) is 5.91 Å². The summed E-state index contributed by atoms with van der Waals surface area (Å²) in [5.74, 6) is -0.211. The van der Waals surface area contributed by atoms with Crippen LogP contribution in [0, 0.1) is 5.92 Å². The number of oxazole rings is 1. The van der Waals surface area contributed by atoms with Gasteiger partial charge in [0.1, 0.15) is 6.54 Å². The summed E-state index contributed by atoms with van der Waals surface area (Å²) in [6.07, 6.45) is 4.50. The van der Waals surface area contributed by atoms with Crippen LogP contribution < -0.4 is 11.1 Å². The summed E-state index contributed by atoms with van der Waals surface area (Å²) in [7, 11) is 0. The Morgan fingerprint density at radius 1 is 1.41 bits per heavy atom. The van der Waals surface area contributed by atoms with E-state index in [4.69, 9.17) is 16.0 Å². The highest BCUT2D eigenvalue weighted by Gasteiger charge is 2.23. The summed E-state index contributed by atoms with van der Waals surface area (Å²) in [5, 5.41) is 3.54. The highest BCUT2D eigenvalue weighted by atomic mass is 35.5. The van der Waals surface area contributed by atoms with Crippen molar-refractivity contribution in [3.63, 3.8) is 0 Å². The van der Waals surface area contributed by atoms with Gasteiger partial charge in [0.05, 0.1) is 5.52 Å². The van der Waals surface area contributed by atoms with E-state index in [9.17, 15) is 9.59 Å². The van der Waals surface area contributed by atoms with Gasteiger partial charge in [0, 0.05) is 17.1 Å². The van der Waals surface area contributed by atoms with Gasteiger partial charge in [-0.1, -0.05) is 31.4 Å². The molecule has 0 saturated heterocycles. The van der Waals surface area contributed by atoms with Crippen LogP contribution in [0.3, 0.4) is 0 Å². The van der Waals surface area contributed by atoms with E-state index >= 15 is 0 Å². The first-order chi connectivity index (χ1) is 10.5. The molecule has 1 aliphatic carbocycles. The first kappa shape index (κ1) is 15.2. The molecule has 118 valence electrons. The fourth-order valence-electron chi connectivity index (χ4n) is 3.12. The lowest BCUT2D eigenvalue weighted by atomic mass is 9.86. The van der Waals surface area contributed by atoms with Crippen molar-refractivity contribution in [3.05, 3.63) is 33.8 Å². The predicted octanol–water partition coefficient (Wildman–Crippen LogP) is 2.94. The van der Waals surface area contributed by atoms with Gasteiger partial charge in [0.25, 0.3) is 0 Å². The molecular formula is C16H19ClN2O3. The average molecular weight is 323 g/mol. The summed E-state index contributed by atoms with van der Waals surface area (Å²) in [6, 6.07) is 5.15. The van der Waals surface area contributed by atoms with Crippen molar-refractivity contribution in [2.45, 2.75) is 45.2 Å². The van der Waals surface area contributed by atoms with Crippen molar-refractivity contribution in [3.8, 4) is 0 Å². The SMILES string of the molecule is C[C@H]1CCCC[C@@H]1NC(=O)Cn1c(=O)oc2cc(Cl)ccc21. The number of fused-ring (bicyclic) bond motifs is 1. The van der Waals surface area contributed by atoms with Crippen LogP contribution in [0.2, 0.25) is 5.02 Å². The zero-order chi connectivity index (χ0) is 15.7. The van der Waals surface area contributed by atoms with E-state index in [2.05, 4.69) is 12.2 Å². The van der Waals surface area contributed by atoms with E-state index in [0.29, 0.717) is 22.0 Å². The van der Waals surface area contributed by atoms with Crippen molar-refractivity contribution in [1.29, 1.82) is 0 Å². The molecule has 2 aromatic rings. The zero-order valence-electron chi connectivity index (χ0n) is 12.5. The molecule has 6 heteroatoms. The van der Waals surface area contributed by atoms with Crippen LogP contribution in [-0.2, 0) is 11.3 Å². The number of amides is 1. The van der Waals surface area contributed by atoms with E-state index < -0.39 is 5.76 Å². The summed E-state index contributed by atoms with van der Waals surface area (Å²) < 4.78 is 6.48. The van der Waals surface area contributed by atoms with Gasteiger partial charge in [-0.25, -0.2) is 4.79 Å². The Morgan fingerprint density at radius 2 is 2.18 bits per heavy atom. The quantitative estimate of drug-likeness (QED) is 0.945. The molecule has 3 rings (SSSR count). The van der Waals surface area contributed by atoms with Crippen LogP contribution in [-0.4, -0.2) is 16.5 Å². The van der Waals surface area contributed by atoms with Gasteiger partial charge in [-0.3, -0.25) is 9.36 Å². The summed E-state index contributed by atoms with van der Waals surface area (Å²) in [4.78, 5) is 24.2. The molecule has 1 aromatic heterocycles. The fourth-order valence-corrected chi connectivity index (χ4v) is 3.28. The van der Waals surface area contributed by atoms with Crippen LogP contribution in [0.5, 0.6) is 0 Å². The number of hydrogen-bond donors (Lipinski definition) is 1. The average Bonchev–Trinajstić information content (AvgIpc) is 2.77. The Labute approximate surface area is 133 Å². The monoisotopic (exact) mass is 322 g/mol. The van der Waals surface area contributed by atoms with Crippen molar-refractivity contribution < 1.29 is 9.21 Å². The number of hydrogen-bond acceptors (Lipinski definition) is 3. The highest BCUT2D eigenvalue weighted by molar-refractivity contribution is 6.31. The molecule has 1 aromatic carbocycles. The molecule has 0 spiro atoms. The molecule has 1 aliphatic rings. The molecule has 0 radical (unpaired) electrons. The second-order valence-corrected chi connectivity index (χ2v) is 6.44. The lowest BCUT2D eigenvalue weighted by Gasteiger charge is -2.29. The third-order valence-electron chi connectivity index (χ3n) is 4.39. The maximum absolute atomic E-state index is 12.2. The predicted molar refractivity (Wildman–Crippen MR) is 85.0 cm³/mol. The van der Waals surface area contributed by atoms with E-state index in [-0.39, 0.29) is 18.5 Å². The standard InChI is InChI=1S/C16H19ClN2O3/c1-10-4-2-3-5-12(10)18-15(20)9-19-13-7-6-11(17)8-14(13)22-16(19)21/h6-8,10,12H,2-5,9H2,1H3,(H,18,20)/t10-,12-/m0/s1. The molecule has 1 N–H and O–H groups in total. The number of aromatic nitrogens is 1. The lowest BCUT2D eigenvalue weighted by Crippen LogP contribution is -2.43. The van der Waals surface area contributed by atoms with Crippen LogP contribution in [0.15, 0.2) is 27.4 Å². The first-order valence-electron chi connectivity index (χ1n) is 7.63. The Balaban J connectivity index is 1.76. The maximum atomic E-state index is 12.2. The molecule has 2 atom stereocenters. The topological polar surface area (TPSA) is 64.2 Å². The van der Waals surface area contributed by atoms with Gasteiger partial charge < -0.3 is 9.73 Å². The van der Waals surface area contributed by atoms with Crippen molar-refractivity contribution in [2.24, 2.45) is 5.92 Å². The van der Waals surface area contributed by atoms with Crippen LogP contribution in [0.25, 0.3) is 11.1 Å². The molecule has 1 heterocycles. The molecule has 22 heavy (non-hydrogen) atoms. The van der Waals surface area contributed by atoms with Gasteiger partial charge in [0.15, 0.2) is 5.58 Å². The number of benzene rings is 1.